The van der Waals surface area contributed by atoms with Crippen LogP contribution >= 0.6 is 0 Å². The Morgan fingerprint density at radius 2 is 1.92 bits per heavy atom. The first-order chi connectivity index (χ1) is 12.3. The second-order valence-corrected chi connectivity index (χ2v) is 5.62. The van der Waals surface area contributed by atoms with E-state index in [1.54, 1.807) is 6.08 Å². The highest BCUT2D eigenvalue weighted by Gasteiger charge is 2.13. The molecule has 1 aromatic heterocycles. The molecular formula is C19H18N4O2. The quantitative estimate of drug-likeness (QED) is 0.672. The first-order valence-electron chi connectivity index (χ1n) is 8.07. The summed E-state index contributed by atoms with van der Waals surface area (Å²) >= 11 is 0. The topological polar surface area (TPSA) is 68.3 Å². The molecule has 4 rings (SSSR count). The minimum Gasteiger partial charge on any atom is -0.454 e. The Balaban J connectivity index is 1.57. The van der Waals surface area contributed by atoms with Crippen LogP contribution in [0.1, 0.15) is 5.56 Å². The molecule has 2 aromatic carbocycles. The molecule has 0 spiro atoms. The number of para-hydroxylation sites is 1. The molecule has 1 aliphatic heterocycles. The van der Waals surface area contributed by atoms with Gasteiger partial charge in [-0.3, -0.25) is 0 Å². The molecule has 0 saturated carbocycles. The number of benzene rings is 2. The van der Waals surface area contributed by atoms with Crippen LogP contribution in [0.25, 0.3) is 10.9 Å². The lowest BCUT2D eigenvalue weighted by Crippen LogP contribution is -2.08. The van der Waals surface area contributed by atoms with Crippen LogP contribution in [0, 0.1) is 0 Å². The molecule has 25 heavy (non-hydrogen) atoms. The van der Waals surface area contributed by atoms with Crippen LogP contribution in [0.4, 0.5) is 11.8 Å². The van der Waals surface area contributed by atoms with Gasteiger partial charge in [0.15, 0.2) is 11.5 Å². The number of fused-ring (bicyclic) bond motifs is 2. The molecule has 2 heterocycles. The zero-order valence-electron chi connectivity index (χ0n) is 13.7. The Labute approximate surface area is 145 Å². The summed E-state index contributed by atoms with van der Waals surface area (Å²) in [5.41, 5.74) is 1.96. The van der Waals surface area contributed by atoms with Crippen molar-refractivity contribution >= 4 is 22.7 Å². The van der Waals surface area contributed by atoms with E-state index in [9.17, 15) is 0 Å². The summed E-state index contributed by atoms with van der Waals surface area (Å²) in [7, 11) is 0. The van der Waals surface area contributed by atoms with Crippen LogP contribution in [0.2, 0.25) is 0 Å². The average Bonchev–Trinajstić information content (AvgIpc) is 3.12. The van der Waals surface area contributed by atoms with Crippen LogP contribution in [0.3, 0.4) is 0 Å². The Morgan fingerprint density at radius 3 is 2.84 bits per heavy atom. The molecular weight excluding hydrogens is 316 g/mol. The summed E-state index contributed by atoms with van der Waals surface area (Å²) < 4.78 is 10.7. The molecule has 6 nitrogen and oxygen atoms in total. The SMILES string of the molecule is C=CCNc1nc(NCc2ccc3c(c2)OCO3)nc2ccccc12. The molecule has 6 heteroatoms. The van der Waals surface area contributed by atoms with Gasteiger partial charge in [-0.05, 0) is 29.8 Å². The van der Waals surface area contributed by atoms with Crippen LogP contribution in [-0.2, 0) is 6.54 Å². The molecule has 0 amide bonds. The van der Waals surface area contributed by atoms with Gasteiger partial charge in [0.2, 0.25) is 12.7 Å². The number of ether oxygens (including phenoxy) is 2. The second kappa shape index (κ2) is 6.68. The highest BCUT2D eigenvalue weighted by molar-refractivity contribution is 5.90. The minimum atomic E-state index is 0.276. The fourth-order valence-electron chi connectivity index (χ4n) is 2.69. The largest absolute Gasteiger partial charge is 0.454 e. The van der Waals surface area contributed by atoms with Gasteiger partial charge in [-0.25, -0.2) is 4.98 Å². The first kappa shape index (κ1) is 15.3. The fraction of sp³-hybridized carbons (Fsp3) is 0.158. The fourth-order valence-corrected chi connectivity index (χ4v) is 2.69. The van der Waals surface area contributed by atoms with E-state index >= 15 is 0 Å². The van der Waals surface area contributed by atoms with Gasteiger partial charge in [-0.1, -0.05) is 24.3 Å². The zero-order valence-corrected chi connectivity index (χ0v) is 13.7. The number of anilines is 2. The Bertz CT molecular complexity index is 926. The number of hydrogen-bond acceptors (Lipinski definition) is 6. The van der Waals surface area contributed by atoms with E-state index in [0.29, 0.717) is 19.0 Å². The van der Waals surface area contributed by atoms with E-state index in [4.69, 9.17) is 9.47 Å². The number of nitrogens with one attached hydrogen (secondary N) is 2. The number of rotatable bonds is 6. The Kier molecular flexibility index (Phi) is 4.08. The number of aromatic nitrogens is 2. The Hall–Kier alpha value is -3.28. The molecule has 3 aromatic rings. The van der Waals surface area contributed by atoms with Crippen molar-refractivity contribution in [2.24, 2.45) is 0 Å². The lowest BCUT2D eigenvalue weighted by Gasteiger charge is -2.11. The normalized spacial score (nSPS) is 12.2. The van der Waals surface area contributed by atoms with E-state index in [1.165, 1.54) is 0 Å². The second-order valence-electron chi connectivity index (χ2n) is 5.62. The van der Waals surface area contributed by atoms with Crippen molar-refractivity contribution in [2.75, 3.05) is 24.0 Å². The number of hydrogen-bond donors (Lipinski definition) is 2. The molecule has 0 fully saturated rings. The predicted molar refractivity (Wildman–Crippen MR) is 98.1 cm³/mol. The number of nitrogens with zero attached hydrogens (tertiary/aromatic N) is 2. The molecule has 1 aliphatic rings. The summed E-state index contributed by atoms with van der Waals surface area (Å²) in [6, 6.07) is 13.8. The Morgan fingerprint density at radius 1 is 1.04 bits per heavy atom. The third-order valence-electron chi connectivity index (χ3n) is 3.90. The molecule has 0 atom stereocenters. The minimum absolute atomic E-state index is 0.276. The van der Waals surface area contributed by atoms with Crippen molar-refractivity contribution in [1.82, 2.24) is 9.97 Å². The molecule has 0 aliphatic carbocycles. The summed E-state index contributed by atoms with van der Waals surface area (Å²) in [6.07, 6.45) is 1.80. The summed E-state index contributed by atoms with van der Waals surface area (Å²) in [5.74, 6) is 2.91. The van der Waals surface area contributed by atoms with Gasteiger partial charge in [0, 0.05) is 18.5 Å². The maximum atomic E-state index is 5.41. The average molecular weight is 334 g/mol. The van der Waals surface area contributed by atoms with Crippen molar-refractivity contribution in [3.8, 4) is 11.5 Å². The molecule has 0 unspecified atom stereocenters. The molecule has 0 radical (unpaired) electrons. The van der Waals surface area contributed by atoms with Crippen LogP contribution in [0.5, 0.6) is 11.5 Å². The van der Waals surface area contributed by atoms with E-state index in [1.807, 2.05) is 42.5 Å². The van der Waals surface area contributed by atoms with E-state index in [2.05, 4.69) is 27.2 Å². The van der Waals surface area contributed by atoms with Crippen molar-refractivity contribution < 1.29 is 9.47 Å². The maximum absolute atomic E-state index is 5.41. The summed E-state index contributed by atoms with van der Waals surface area (Å²) in [4.78, 5) is 9.18. The maximum Gasteiger partial charge on any atom is 0.231 e. The standard InChI is InChI=1S/C19H18N4O2/c1-2-9-20-18-14-5-3-4-6-15(14)22-19(23-18)21-11-13-7-8-16-17(10-13)25-12-24-16/h2-8,10H,1,9,11-12H2,(H2,20,21,22,23). The van der Waals surface area contributed by atoms with Crippen LogP contribution in [-0.4, -0.2) is 23.3 Å². The van der Waals surface area contributed by atoms with Crippen molar-refractivity contribution in [3.63, 3.8) is 0 Å². The van der Waals surface area contributed by atoms with Crippen molar-refractivity contribution in [3.05, 3.63) is 60.7 Å². The highest BCUT2D eigenvalue weighted by atomic mass is 16.7. The smallest absolute Gasteiger partial charge is 0.231 e. The van der Waals surface area contributed by atoms with Crippen molar-refractivity contribution in [2.45, 2.75) is 6.54 Å². The monoisotopic (exact) mass is 334 g/mol. The first-order valence-corrected chi connectivity index (χ1v) is 8.07. The highest BCUT2D eigenvalue weighted by Crippen LogP contribution is 2.32. The van der Waals surface area contributed by atoms with Gasteiger partial charge in [0.1, 0.15) is 5.82 Å². The third-order valence-corrected chi connectivity index (χ3v) is 3.90. The van der Waals surface area contributed by atoms with Crippen LogP contribution in [0.15, 0.2) is 55.1 Å². The van der Waals surface area contributed by atoms with Crippen molar-refractivity contribution in [1.29, 1.82) is 0 Å². The zero-order chi connectivity index (χ0) is 17.1. The van der Waals surface area contributed by atoms with Crippen LogP contribution < -0.4 is 20.1 Å². The lowest BCUT2D eigenvalue weighted by molar-refractivity contribution is 0.174. The van der Waals surface area contributed by atoms with E-state index in [0.717, 1.165) is 33.8 Å². The van der Waals surface area contributed by atoms with Gasteiger partial charge in [-0.2, -0.15) is 4.98 Å². The third kappa shape index (κ3) is 3.19. The van der Waals surface area contributed by atoms with Gasteiger partial charge < -0.3 is 20.1 Å². The van der Waals surface area contributed by atoms with Gasteiger partial charge in [0.25, 0.3) is 0 Å². The van der Waals surface area contributed by atoms with Gasteiger partial charge >= 0.3 is 0 Å². The predicted octanol–water partition coefficient (Wildman–Crippen LogP) is 3.57. The molecule has 0 saturated heterocycles. The summed E-state index contributed by atoms with van der Waals surface area (Å²) in [6.45, 7) is 5.25. The molecule has 2 N–H and O–H groups in total. The van der Waals surface area contributed by atoms with E-state index < -0.39 is 0 Å². The summed E-state index contributed by atoms with van der Waals surface area (Å²) in [5, 5.41) is 7.53. The van der Waals surface area contributed by atoms with Gasteiger partial charge in [-0.15, -0.1) is 6.58 Å². The lowest BCUT2D eigenvalue weighted by atomic mass is 10.2. The molecule has 126 valence electrons. The van der Waals surface area contributed by atoms with E-state index in [-0.39, 0.29) is 6.79 Å². The van der Waals surface area contributed by atoms with Gasteiger partial charge in [0.05, 0.1) is 5.52 Å². The molecule has 0 bridgehead atoms.